The minimum Gasteiger partial charge on any atom is -0.368 e. The fraction of sp³-hybridized carbons (Fsp3) is 0.167. The van der Waals surface area contributed by atoms with Crippen LogP contribution in [-0.4, -0.2) is 23.8 Å². The molecule has 7 heteroatoms. The Labute approximate surface area is 150 Å². The number of carbonyl (C=O) groups is 3. The van der Waals surface area contributed by atoms with Crippen LogP contribution in [0.2, 0.25) is 5.02 Å². The molecular weight excluding hydrogens is 342 g/mol. The highest BCUT2D eigenvalue weighted by molar-refractivity contribution is 6.30. The standard InChI is InChI=1S/C18H18ClN3O3/c1-11(23)21-15-8-4-13(5-9-15)18(25)22-16(17(20)24)10-12-2-6-14(19)7-3-12/h2-9,16H,10H2,1H3,(H2,20,24)(H,21,23)(H,22,25)/t16-/m0/s1. The highest BCUT2D eigenvalue weighted by atomic mass is 35.5. The zero-order valence-corrected chi connectivity index (χ0v) is 14.3. The summed E-state index contributed by atoms with van der Waals surface area (Å²) in [5.74, 6) is -1.25. The van der Waals surface area contributed by atoms with Crippen molar-refractivity contribution < 1.29 is 14.4 Å². The molecular formula is C18H18ClN3O3. The number of nitrogens with two attached hydrogens (primary N) is 1. The molecule has 3 amide bonds. The highest BCUT2D eigenvalue weighted by Crippen LogP contribution is 2.12. The molecule has 0 spiro atoms. The lowest BCUT2D eigenvalue weighted by Gasteiger charge is -2.16. The Morgan fingerprint density at radius 3 is 2.16 bits per heavy atom. The Balaban J connectivity index is 2.05. The van der Waals surface area contributed by atoms with Gasteiger partial charge >= 0.3 is 0 Å². The van der Waals surface area contributed by atoms with Crippen LogP contribution in [0.4, 0.5) is 5.69 Å². The number of primary amides is 1. The number of hydrogen-bond acceptors (Lipinski definition) is 3. The molecule has 0 heterocycles. The second-order valence-corrected chi connectivity index (χ2v) is 5.95. The largest absolute Gasteiger partial charge is 0.368 e. The van der Waals surface area contributed by atoms with E-state index in [1.807, 2.05) is 0 Å². The van der Waals surface area contributed by atoms with Gasteiger partial charge in [0, 0.05) is 29.6 Å². The third kappa shape index (κ3) is 5.61. The molecule has 0 radical (unpaired) electrons. The van der Waals surface area contributed by atoms with Crippen LogP contribution in [0.1, 0.15) is 22.8 Å². The maximum Gasteiger partial charge on any atom is 0.251 e. The van der Waals surface area contributed by atoms with E-state index < -0.39 is 17.9 Å². The van der Waals surface area contributed by atoms with Gasteiger partial charge in [0.2, 0.25) is 11.8 Å². The van der Waals surface area contributed by atoms with Gasteiger partial charge in [-0.15, -0.1) is 0 Å². The molecule has 0 aliphatic heterocycles. The molecule has 2 aromatic rings. The molecule has 1 atom stereocenters. The summed E-state index contributed by atoms with van der Waals surface area (Å²) in [4.78, 5) is 35.0. The second kappa shape index (κ2) is 8.30. The van der Waals surface area contributed by atoms with Crippen LogP contribution in [0.5, 0.6) is 0 Å². The van der Waals surface area contributed by atoms with Crippen molar-refractivity contribution >= 4 is 35.0 Å². The van der Waals surface area contributed by atoms with E-state index in [1.165, 1.54) is 6.92 Å². The molecule has 0 aliphatic rings. The average molecular weight is 360 g/mol. The summed E-state index contributed by atoms with van der Waals surface area (Å²) < 4.78 is 0. The molecule has 0 saturated heterocycles. The van der Waals surface area contributed by atoms with Crippen molar-refractivity contribution in [2.75, 3.05) is 5.32 Å². The maximum absolute atomic E-state index is 12.3. The SMILES string of the molecule is CC(=O)Nc1ccc(C(=O)N[C@@H](Cc2ccc(Cl)cc2)C(N)=O)cc1. The Morgan fingerprint density at radius 2 is 1.64 bits per heavy atom. The van der Waals surface area contributed by atoms with Gasteiger partial charge in [0.05, 0.1) is 0 Å². The summed E-state index contributed by atoms with van der Waals surface area (Å²) in [6.07, 6.45) is 0.266. The van der Waals surface area contributed by atoms with Gasteiger partial charge in [0.1, 0.15) is 6.04 Å². The van der Waals surface area contributed by atoms with Crippen molar-refractivity contribution in [3.05, 3.63) is 64.7 Å². The summed E-state index contributed by atoms with van der Waals surface area (Å²) in [6, 6.07) is 12.4. The first-order chi connectivity index (χ1) is 11.8. The molecule has 0 aliphatic carbocycles. The molecule has 4 N–H and O–H groups in total. The maximum atomic E-state index is 12.3. The van der Waals surface area contributed by atoms with Crippen molar-refractivity contribution in [3.63, 3.8) is 0 Å². The lowest BCUT2D eigenvalue weighted by molar-refractivity contribution is -0.119. The minimum absolute atomic E-state index is 0.200. The molecule has 0 unspecified atom stereocenters. The monoisotopic (exact) mass is 359 g/mol. The van der Waals surface area contributed by atoms with E-state index in [-0.39, 0.29) is 12.3 Å². The molecule has 130 valence electrons. The molecule has 6 nitrogen and oxygen atoms in total. The lowest BCUT2D eigenvalue weighted by Crippen LogP contribution is -2.45. The number of carbonyl (C=O) groups excluding carboxylic acids is 3. The average Bonchev–Trinajstić information content (AvgIpc) is 2.56. The predicted octanol–water partition coefficient (Wildman–Crippen LogP) is 2.12. The lowest BCUT2D eigenvalue weighted by atomic mass is 10.0. The van der Waals surface area contributed by atoms with Crippen LogP contribution in [0.25, 0.3) is 0 Å². The third-order valence-electron chi connectivity index (χ3n) is 3.47. The van der Waals surface area contributed by atoms with E-state index in [9.17, 15) is 14.4 Å². The molecule has 25 heavy (non-hydrogen) atoms. The van der Waals surface area contributed by atoms with Crippen LogP contribution in [0.15, 0.2) is 48.5 Å². The van der Waals surface area contributed by atoms with Crippen LogP contribution < -0.4 is 16.4 Å². The van der Waals surface area contributed by atoms with E-state index in [0.717, 1.165) is 5.56 Å². The first-order valence-electron chi connectivity index (χ1n) is 7.57. The number of nitrogens with one attached hydrogen (secondary N) is 2. The number of anilines is 1. The quantitative estimate of drug-likeness (QED) is 0.736. The third-order valence-corrected chi connectivity index (χ3v) is 3.72. The van der Waals surface area contributed by atoms with Crippen LogP contribution >= 0.6 is 11.6 Å². The zero-order valence-electron chi connectivity index (χ0n) is 13.6. The molecule has 0 saturated carbocycles. The Bertz CT molecular complexity index is 773. The minimum atomic E-state index is -0.844. The van der Waals surface area contributed by atoms with Gasteiger partial charge in [-0.2, -0.15) is 0 Å². The number of benzene rings is 2. The highest BCUT2D eigenvalue weighted by Gasteiger charge is 2.19. The Hall–Kier alpha value is -2.86. The van der Waals surface area contributed by atoms with Crippen molar-refractivity contribution in [3.8, 4) is 0 Å². The first kappa shape index (κ1) is 18.5. The van der Waals surface area contributed by atoms with Crippen LogP contribution in [0.3, 0.4) is 0 Å². The number of rotatable bonds is 6. The van der Waals surface area contributed by atoms with E-state index in [1.54, 1.807) is 48.5 Å². The summed E-state index contributed by atoms with van der Waals surface area (Å²) in [5.41, 5.74) is 7.16. The van der Waals surface area contributed by atoms with Crippen molar-refractivity contribution in [1.29, 1.82) is 0 Å². The van der Waals surface area contributed by atoms with Crippen molar-refractivity contribution in [2.24, 2.45) is 5.73 Å². The fourth-order valence-electron chi connectivity index (χ4n) is 2.23. The topological polar surface area (TPSA) is 101 Å². The van der Waals surface area contributed by atoms with Crippen LogP contribution in [0, 0.1) is 0 Å². The van der Waals surface area contributed by atoms with E-state index in [0.29, 0.717) is 16.3 Å². The second-order valence-electron chi connectivity index (χ2n) is 5.52. The Kier molecular flexibility index (Phi) is 6.14. The van der Waals surface area contributed by atoms with Crippen LogP contribution in [-0.2, 0) is 16.0 Å². The van der Waals surface area contributed by atoms with Gasteiger partial charge in [-0.25, -0.2) is 0 Å². The van der Waals surface area contributed by atoms with Gasteiger partial charge in [-0.05, 0) is 42.0 Å². The van der Waals surface area contributed by atoms with Gasteiger partial charge < -0.3 is 16.4 Å². The smallest absolute Gasteiger partial charge is 0.251 e. The first-order valence-corrected chi connectivity index (χ1v) is 7.95. The normalized spacial score (nSPS) is 11.4. The van der Waals surface area contributed by atoms with Gasteiger partial charge in [-0.1, -0.05) is 23.7 Å². The molecule has 2 aromatic carbocycles. The van der Waals surface area contributed by atoms with Gasteiger partial charge in [0.25, 0.3) is 5.91 Å². The summed E-state index contributed by atoms with van der Waals surface area (Å²) in [7, 11) is 0. The summed E-state index contributed by atoms with van der Waals surface area (Å²) >= 11 is 5.83. The molecule has 0 bridgehead atoms. The van der Waals surface area contributed by atoms with E-state index in [4.69, 9.17) is 17.3 Å². The predicted molar refractivity (Wildman–Crippen MR) is 96.4 cm³/mol. The fourth-order valence-corrected chi connectivity index (χ4v) is 2.35. The van der Waals surface area contributed by atoms with Crippen molar-refractivity contribution in [1.82, 2.24) is 5.32 Å². The van der Waals surface area contributed by atoms with E-state index >= 15 is 0 Å². The zero-order chi connectivity index (χ0) is 18.4. The van der Waals surface area contributed by atoms with Gasteiger partial charge in [0.15, 0.2) is 0 Å². The number of amides is 3. The van der Waals surface area contributed by atoms with E-state index in [2.05, 4.69) is 10.6 Å². The van der Waals surface area contributed by atoms with Gasteiger partial charge in [-0.3, -0.25) is 14.4 Å². The Morgan fingerprint density at radius 1 is 1.04 bits per heavy atom. The molecule has 0 aromatic heterocycles. The molecule has 2 rings (SSSR count). The summed E-state index contributed by atoms with van der Waals surface area (Å²) in [5, 5.41) is 5.82. The number of halogens is 1. The van der Waals surface area contributed by atoms with Crippen molar-refractivity contribution in [2.45, 2.75) is 19.4 Å². The summed E-state index contributed by atoms with van der Waals surface area (Å²) in [6.45, 7) is 1.40. The molecule has 0 fully saturated rings. The number of hydrogen-bond donors (Lipinski definition) is 3.